The number of nitrogens with zero attached hydrogens (tertiary/aromatic N) is 3. The SMILES string of the molecule is N#Cc1ccc2c3ccc(-c4ccc(-c5ccc6c(-c7cccc8ccccc78)c7cc(-c8cccnc8)ccc7c(-c7cccc8ccccc78)c6c5)cc4)cc3n(-c3ccccc3)c2c1. The van der Waals surface area contributed by atoms with E-state index in [1.165, 1.54) is 65.3 Å². The van der Waals surface area contributed by atoms with Gasteiger partial charge in [0.25, 0.3) is 0 Å². The Labute approximate surface area is 387 Å². The highest BCUT2D eigenvalue weighted by Gasteiger charge is 2.21. The third kappa shape index (κ3) is 6.31. The maximum absolute atomic E-state index is 9.81. The molecule has 310 valence electrons. The van der Waals surface area contributed by atoms with Crippen molar-refractivity contribution in [2.45, 2.75) is 0 Å². The standard InChI is InChI=1S/C64H39N3/c65-39-41-22-30-53-54-31-27-48(38-62(54)67(61(53)35-41)50-16-2-1-3-17-50)43-25-23-42(24-26-43)46-28-32-57-59(36-46)63(55-20-8-13-44-11-4-6-18-51(44)55)58-33-29-47(49-15-10-34-66-40-49)37-60(58)64(57)56-21-9-14-45-12-5-7-19-52(45)56/h1-38,40H. The van der Waals surface area contributed by atoms with Gasteiger partial charge in [0.2, 0.25) is 0 Å². The molecule has 3 nitrogen and oxygen atoms in total. The van der Waals surface area contributed by atoms with Crippen LogP contribution in [-0.4, -0.2) is 9.55 Å². The van der Waals surface area contributed by atoms with Crippen LogP contribution < -0.4 is 0 Å². The van der Waals surface area contributed by atoms with Gasteiger partial charge < -0.3 is 4.57 Å². The Morgan fingerprint density at radius 3 is 1.42 bits per heavy atom. The summed E-state index contributed by atoms with van der Waals surface area (Å²) in [7, 11) is 0. The second-order valence-corrected chi connectivity index (χ2v) is 17.4. The number of nitriles is 1. The first kappa shape index (κ1) is 38.4. The highest BCUT2D eigenvalue weighted by atomic mass is 15.0. The maximum Gasteiger partial charge on any atom is 0.0992 e. The smallest absolute Gasteiger partial charge is 0.0992 e. The van der Waals surface area contributed by atoms with Crippen molar-refractivity contribution in [3.05, 3.63) is 242 Å². The molecular weight excluding hydrogens is 811 g/mol. The topological polar surface area (TPSA) is 41.6 Å². The fourth-order valence-corrected chi connectivity index (χ4v) is 10.6. The molecule has 0 bridgehead atoms. The Kier molecular flexibility index (Phi) is 8.91. The summed E-state index contributed by atoms with van der Waals surface area (Å²) in [5, 5.41) is 21.8. The van der Waals surface area contributed by atoms with E-state index in [-0.39, 0.29) is 0 Å². The zero-order valence-electron chi connectivity index (χ0n) is 36.4. The lowest BCUT2D eigenvalue weighted by atomic mass is 9.82. The van der Waals surface area contributed by atoms with Gasteiger partial charge in [-0.1, -0.05) is 176 Å². The Hall–Kier alpha value is -9.10. The predicted octanol–water partition coefficient (Wildman–Crippen LogP) is 17.0. The van der Waals surface area contributed by atoms with E-state index in [1.807, 2.05) is 36.7 Å². The van der Waals surface area contributed by atoms with Crippen LogP contribution in [0.3, 0.4) is 0 Å². The van der Waals surface area contributed by atoms with E-state index in [2.05, 4.69) is 216 Å². The summed E-state index contributed by atoms with van der Waals surface area (Å²) >= 11 is 0. The molecule has 0 radical (unpaired) electrons. The number of aromatic nitrogens is 2. The molecule has 2 heterocycles. The number of rotatable bonds is 6. The van der Waals surface area contributed by atoms with Gasteiger partial charge in [-0.3, -0.25) is 4.98 Å². The van der Waals surface area contributed by atoms with E-state index in [0.29, 0.717) is 5.56 Å². The quantitative estimate of drug-likeness (QED) is 0.156. The summed E-state index contributed by atoms with van der Waals surface area (Å²) in [5.41, 5.74) is 15.5. The zero-order valence-corrected chi connectivity index (χ0v) is 36.4. The van der Waals surface area contributed by atoms with Crippen LogP contribution in [0.25, 0.3) is 126 Å². The molecule has 0 saturated heterocycles. The summed E-state index contributed by atoms with van der Waals surface area (Å²) in [6, 6.07) is 83.6. The van der Waals surface area contributed by atoms with Crippen LogP contribution in [0.5, 0.6) is 0 Å². The molecule has 0 N–H and O–H groups in total. The summed E-state index contributed by atoms with van der Waals surface area (Å²) < 4.78 is 2.28. The number of hydrogen-bond donors (Lipinski definition) is 0. The monoisotopic (exact) mass is 849 g/mol. The summed E-state index contributed by atoms with van der Waals surface area (Å²) in [6.07, 6.45) is 3.79. The van der Waals surface area contributed by atoms with Crippen molar-refractivity contribution < 1.29 is 0 Å². The van der Waals surface area contributed by atoms with E-state index >= 15 is 0 Å². The molecule has 13 rings (SSSR count). The van der Waals surface area contributed by atoms with Crippen LogP contribution in [0, 0.1) is 11.3 Å². The van der Waals surface area contributed by atoms with Crippen LogP contribution >= 0.6 is 0 Å². The summed E-state index contributed by atoms with van der Waals surface area (Å²) in [6.45, 7) is 0. The highest BCUT2D eigenvalue weighted by Crippen LogP contribution is 2.48. The molecule has 0 spiro atoms. The summed E-state index contributed by atoms with van der Waals surface area (Å²) in [4.78, 5) is 4.50. The Morgan fingerprint density at radius 1 is 0.343 bits per heavy atom. The number of para-hydroxylation sites is 1. The molecule has 0 unspecified atom stereocenters. The Balaban J connectivity index is 1.03. The molecule has 67 heavy (non-hydrogen) atoms. The summed E-state index contributed by atoms with van der Waals surface area (Å²) in [5.74, 6) is 0. The van der Waals surface area contributed by atoms with Gasteiger partial charge in [0.15, 0.2) is 0 Å². The molecule has 0 aliphatic carbocycles. The van der Waals surface area contributed by atoms with E-state index < -0.39 is 0 Å². The zero-order chi connectivity index (χ0) is 44.4. The van der Waals surface area contributed by atoms with E-state index in [4.69, 9.17) is 0 Å². The molecule has 13 aromatic rings. The van der Waals surface area contributed by atoms with Crippen LogP contribution in [-0.2, 0) is 0 Å². The minimum absolute atomic E-state index is 0.647. The number of fused-ring (bicyclic) bond motifs is 7. The molecule has 2 aromatic heterocycles. The van der Waals surface area contributed by atoms with Crippen molar-refractivity contribution in [2.75, 3.05) is 0 Å². The molecule has 0 atom stereocenters. The van der Waals surface area contributed by atoms with Crippen LogP contribution in [0.2, 0.25) is 0 Å². The van der Waals surface area contributed by atoms with E-state index in [1.54, 1.807) is 0 Å². The average molecular weight is 850 g/mol. The minimum Gasteiger partial charge on any atom is -0.309 e. The molecule has 0 amide bonds. The van der Waals surface area contributed by atoms with E-state index in [9.17, 15) is 5.26 Å². The van der Waals surface area contributed by atoms with Gasteiger partial charge in [-0.25, -0.2) is 0 Å². The lowest BCUT2D eigenvalue weighted by molar-refractivity contribution is 1.18. The van der Waals surface area contributed by atoms with Crippen LogP contribution in [0.15, 0.2) is 237 Å². The molecular formula is C64H39N3. The van der Waals surface area contributed by atoms with Crippen molar-refractivity contribution in [1.82, 2.24) is 9.55 Å². The van der Waals surface area contributed by atoms with Gasteiger partial charge in [0.05, 0.1) is 22.7 Å². The third-order valence-electron chi connectivity index (χ3n) is 13.7. The van der Waals surface area contributed by atoms with Crippen molar-refractivity contribution in [2.24, 2.45) is 0 Å². The number of hydrogen-bond acceptors (Lipinski definition) is 2. The predicted molar refractivity (Wildman–Crippen MR) is 280 cm³/mol. The van der Waals surface area contributed by atoms with Crippen LogP contribution in [0.1, 0.15) is 5.56 Å². The van der Waals surface area contributed by atoms with Crippen molar-refractivity contribution in [3.8, 4) is 67.4 Å². The lowest BCUT2D eigenvalue weighted by Gasteiger charge is -2.21. The minimum atomic E-state index is 0.647. The highest BCUT2D eigenvalue weighted by molar-refractivity contribution is 6.26. The first-order chi connectivity index (χ1) is 33.2. The molecule has 0 fully saturated rings. The lowest BCUT2D eigenvalue weighted by Crippen LogP contribution is -1.94. The Bertz CT molecular complexity index is 4130. The van der Waals surface area contributed by atoms with Crippen LogP contribution in [0.4, 0.5) is 0 Å². The maximum atomic E-state index is 9.81. The van der Waals surface area contributed by atoms with Gasteiger partial charge in [-0.15, -0.1) is 0 Å². The fraction of sp³-hybridized carbons (Fsp3) is 0. The van der Waals surface area contributed by atoms with Gasteiger partial charge >= 0.3 is 0 Å². The largest absolute Gasteiger partial charge is 0.309 e. The third-order valence-corrected chi connectivity index (χ3v) is 13.7. The second-order valence-electron chi connectivity index (χ2n) is 17.4. The van der Waals surface area contributed by atoms with Crippen molar-refractivity contribution in [3.63, 3.8) is 0 Å². The molecule has 0 saturated carbocycles. The molecule has 11 aromatic carbocycles. The number of benzene rings is 11. The first-order valence-electron chi connectivity index (χ1n) is 22.7. The van der Waals surface area contributed by atoms with Gasteiger partial charge in [0.1, 0.15) is 0 Å². The first-order valence-corrected chi connectivity index (χ1v) is 22.7. The molecule has 0 aliphatic rings. The van der Waals surface area contributed by atoms with Crippen molar-refractivity contribution in [1.29, 1.82) is 5.26 Å². The average Bonchev–Trinajstić information content (AvgIpc) is 3.73. The van der Waals surface area contributed by atoms with Gasteiger partial charge in [-0.2, -0.15) is 5.26 Å². The fourth-order valence-electron chi connectivity index (χ4n) is 10.6. The van der Waals surface area contributed by atoms with Gasteiger partial charge in [0, 0.05) is 34.4 Å². The molecule has 0 aliphatic heterocycles. The number of pyridine rings is 1. The van der Waals surface area contributed by atoms with Crippen molar-refractivity contribution >= 4 is 64.9 Å². The second kappa shape index (κ2) is 15.6. The molecule has 3 heteroatoms. The normalized spacial score (nSPS) is 11.6. The van der Waals surface area contributed by atoms with Gasteiger partial charge in [-0.05, 0) is 142 Å². The Morgan fingerprint density at radius 2 is 0.836 bits per heavy atom. The van der Waals surface area contributed by atoms with E-state index in [0.717, 1.165) is 60.9 Å².